The van der Waals surface area contributed by atoms with Crippen molar-refractivity contribution >= 4 is 39.3 Å². The van der Waals surface area contributed by atoms with Crippen LogP contribution in [0.2, 0.25) is 5.02 Å². The van der Waals surface area contributed by atoms with Gasteiger partial charge in [-0.2, -0.15) is 0 Å². The van der Waals surface area contributed by atoms with E-state index in [4.69, 9.17) is 16.3 Å². The largest absolute Gasteiger partial charge is 0.469 e. The number of aromatic nitrogens is 1. The highest BCUT2D eigenvalue weighted by Gasteiger charge is 2.27. The minimum atomic E-state index is -0.190. The van der Waals surface area contributed by atoms with Gasteiger partial charge in [0.1, 0.15) is 5.82 Å². The number of carbonyl (C=O) groups is 1. The van der Waals surface area contributed by atoms with Gasteiger partial charge in [-0.1, -0.05) is 11.6 Å². The Hall–Kier alpha value is -0.810. The molecule has 1 aliphatic rings. The molecule has 1 saturated heterocycles. The molecule has 1 fully saturated rings. The zero-order valence-electron chi connectivity index (χ0n) is 10.7. The SMILES string of the molecule is COC(=O)CC1CCCCN1c1ncc(Br)cc1Cl. The fraction of sp³-hybridized carbons (Fsp3) is 0.538. The molecule has 4 nitrogen and oxygen atoms in total. The van der Waals surface area contributed by atoms with Crippen molar-refractivity contribution in [3.8, 4) is 0 Å². The van der Waals surface area contributed by atoms with Crippen LogP contribution < -0.4 is 4.90 Å². The van der Waals surface area contributed by atoms with Crippen molar-refractivity contribution in [2.45, 2.75) is 31.7 Å². The van der Waals surface area contributed by atoms with Crippen LogP contribution in [-0.4, -0.2) is 30.6 Å². The lowest BCUT2D eigenvalue weighted by Gasteiger charge is -2.36. The molecular weight excluding hydrogens is 332 g/mol. The normalized spacial score (nSPS) is 19.3. The van der Waals surface area contributed by atoms with Crippen molar-refractivity contribution < 1.29 is 9.53 Å². The van der Waals surface area contributed by atoms with E-state index in [1.807, 2.05) is 6.07 Å². The van der Waals surface area contributed by atoms with Crippen molar-refractivity contribution in [3.05, 3.63) is 21.8 Å². The number of rotatable bonds is 3. The lowest BCUT2D eigenvalue weighted by Crippen LogP contribution is -2.41. The number of carbonyl (C=O) groups excluding carboxylic acids is 1. The molecule has 1 atom stereocenters. The van der Waals surface area contributed by atoms with Gasteiger partial charge < -0.3 is 9.64 Å². The molecule has 0 aromatic carbocycles. The smallest absolute Gasteiger partial charge is 0.307 e. The van der Waals surface area contributed by atoms with Gasteiger partial charge in [0.05, 0.1) is 18.6 Å². The minimum Gasteiger partial charge on any atom is -0.469 e. The first kappa shape index (κ1) is 14.6. The highest BCUT2D eigenvalue weighted by Crippen LogP contribution is 2.32. The first-order chi connectivity index (χ1) is 9.11. The molecule has 0 N–H and O–H groups in total. The zero-order chi connectivity index (χ0) is 13.8. The molecule has 1 aromatic rings. The molecule has 1 unspecified atom stereocenters. The molecular formula is C13H16BrClN2O2. The van der Waals surface area contributed by atoms with E-state index in [9.17, 15) is 4.79 Å². The summed E-state index contributed by atoms with van der Waals surface area (Å²) in [6.07, 6.45) is 5.27. The predicted octanol–water partition coefficient (Wildman–Crippen LogP) is 3.42. The highest BCUT2D eigenvalue weighted by atomic mass is 79.9. The molecule has 0 amide bonds. The molecule has 2 rings (SSSR count). The van der Waals surface area contributed by atoms with E-state index in [1.54, 1.807) is 6.20 Å². The van der Waals surface area contributed by atoms with Crippen LogP contribution in [0.15, 0.2) is 16.7 Å². The number of esters is 1. The van der Waals surface area contributed by atoms with Crippen LogP contribution >= 0.6 is 27.5 Å². The minimum absolute atomic E-state index is 0.118. The van der Waals surface area contributed by atoms with Crippen LogP contribution in [0.25, 0.3) is 0 Å². The van der Waals surface area contributed by atoms with E-state index in [0.717, 1.165) is 36.1 Å². The van der Waals surface area contributed by atoms with E-state index >= 15 is 0 Å². The van der Waals surface area contributed by atoms with E-state index in [1.165, 1.54) is 7.11 Å². The van der Waals surface area contributed by atoms with Gasteiger partial charge in [0.2, 0.25) is 0 Å². The Morgan fingerprint density at radius 2 is 2.42 bits per heavy atom. The van der Waals surface area contributed by atoms with E-state index in [2.05, 4.69) is 25.8 Å². The second-order valence-electron chi connectivity index (χ2n) is 4.58. The van der Waals surface area contributed by atoms with Crippen molar-refractivity contribution in [1.82, 2.24) is 4.98 Å². The molecule has 0 bridgehead atoms. The third-order valence-corrected chi connectivity index (χ3v) is 4.03. The number of ether oxygens (including phenoxy) is 1. The second kappa shape index (κ2) is 6.57. The molecule has 6 heteroatoms. The first-order valence-corrected chi connectivity index (χ1v) is 7.43. The Labute approximate surface area is 126 Å². The predicted molar refractivity (Wildman–Crippen MR) is 78.6 cm³/mol. The molecule has 19 heavy (non-hydrogen) atoms. The van der Waals surface area contributed by atoms with Gasteiger partial charge in [-0.25, -0.2) is 4.98 Å². The number of anilines is 1. The van der Waals surface area contributed by atoms with Crippen LogP contribution in [0.3, 0.4) is 0 Å². The summed E-state index contributed by atoms with van der Waals surface area (Å²) >= 11 is 9.60. The summed E-state index contributed by atoms with van der Waals surface area (Å²) < 4.78 is 5.61. The fourth-order valence-electron chi connectivity index (χ4n) is 2.39. The van der Waals surface area contributed by atoms with E-state index < -0.39 is 0 Å². The maximum atomic E-state index is 11.5. The van der Waals surface area contributed by atoms with Gasteiger partial charge in [0.25, 0.3) is 0 Å². The Bertz CT molecular complexity index is 470. The van der Waals surface area contributed by atoms with Crippen molar-refractivity contribution in [2.24, 2.45) is 0 Å². The van der Waals surface area contributed by atoms with Gasteiger partial charge in [-0.15, -0.1) is 0 Å². The van der Waals surface area contributed by atoms with Gasteiger partial charge in [-0.3, -0.25) is 4.79 Å². The van der Waals surface area contributed by atoms with Crippen LogP contribution in [-0.2, 0) is 9.53 Å². The first-order valence-electron chi connectivity index (χ1n) is 6.26. The monoisotopic (exact) mass is 346 g/mol. The molecule has 1 aliphatic heterocycles. The van der Waals surface area contributed by atoms with Gasteiger partial charge in [0, 0.05) is 23.3 Å². The van der Waals surface area contributed by atoms with Gasteiger partial charge in [0.15, 0.2) is 0 Å². The Kier molecular flexibility index (Phi) is 5.05. The summed E-state index contributed by atoms with van der Waals surface area (Å²) in [4.78, 5) is 18.0. The average molecular weight is 348 g/mol. The third-order valence-electron chi connectivity index (χ3n) is 3.32. The fourth-order valence-corrected chi connectivity index (χ4v) is 3.12. The number of hydrogen-bond acceptors (Lipinski definition) is 4. The van der Waals surface area contributed by atoms with Gasteiger partial charge in [-0.05, 0) is 41.3 Å². The summed E-state index contributed by atoms with van der Waals surface area (Å²) in [5, 5.41) is 0.603. The Morgan fingerprint density at radius 1 is 1.63 bits per heavy atom. The number of nitrogens with zero attached hydrogens (tertiary/aromatic N) is 2. The quantitative estimate of drug-likeness (QED) is 0.786. The highest BCUT2D eigenvalue weighted by molar-refractivity contribution is 9.10. The van der Waals surface area contributed by atoms with Crippen LogP contribution in [0.5, 0.6) is 0 Å². The van der Waals surface area contributed by atoms with Crippen molar-refractivity contribution in [1.29, 1.82) is 0 Å². The van der Waals surface area contributed by atoms with Crippen LogP contribution in [0, 0.1) is 0 Å². The lowest BCUT2D eigenvalue weighted by atomic mass is 9.99. The number of hydrogen-bond donors (Lipinski definition) is 0. The molecule has 0 aliphatic carbocycles. The standard InChI is InChI=1S/C13H16BrClN2O2/c1-19-12(18)7-10-4-2-3-5-17(10)13-11(15)6-9(14)8-16-13/h6,8,10H,2-5,7H2,1H3. The van der Waals surface area contributed by atoms with Crippen molar-refractivity contribution in [2.75, 3.05) is 18.6 Å². The molecule has 0 saturated carbocycles. The number of methoxy groups -OCH3 is 1. The zero-order valence-corrected chi connectivity index (χ0v) is 13.1. The maximum Gasteiger partial charge on any atom is 0.307 e. The molecule has 1 aromatic heterocycles. The average Bonchev–Trinajstić information content (AvgIpc) is 2.40. The molecule has 0 spiro atoms. The van der Waals surface area contributed by atoms with Gasteiger partial charge >= 0.3 is 5.97 Å². The van der Waals surface area contributed by atoms with E-state index in [0.29, 0.717) is 11.4 Å². The van der Waals surface area contributed by atoms with Crippen molar-refractivity contribution in [3.63, 3.8) is 0 Å². The number of pyridine rings is 1. The summed E-state index contributed by atoms with van der Waals surface area (Å²) in [5.74, 6) is 0.559. The summed E-state index contributed by atoms with van der Waals surface area (Å²) in [6.45, 7) is 0.871. The van der Waals surface area contributed by atoms with E-state index in [-0.39, 0.29) is 12.0 Å². The third kappa shape index (κ3) is 3.60. The number of piperidine rings is 1. The summed E-state index contributed by atoms with van der Waals surface area (Å²) in [6, 6.07) is 1.95. The summed E-state index contributed by atoms with van der Waals surface area (Å²) in [5.41, 5.74) is 0. The molecule has 2 heterocycles. The topological polar surface area (TPSA) is 42.4 Å². The van der Waals surface area contributed by atoms with Crippen LogP contribution in [0.4, 0.5) is 5.82 Å². The second-order valence-corrected chi connectivity index (χ2v) is 5.91. The molecule has 104 valence electrons. The van der Waals surface area contributed by atoms with Crippen LogP contribution in [0.1, 0.15) is 25.7 Å². The number of halogens is 2. The maximum absolute atomic E-state index is 11.5. The Morgan fingerprint density at radius 3 is 3.11 bits per heavy atom. The molecule has 0 radical (unpaired) electrons. The lowest BCUT2D eigenvalue weighted by molar-refractivity contribution is -0.141. The summed E-state index contributed by atoms with van der Waals surface area (Å²) in [7, 11) is 1.42. The Balaban J connectivity index is 2.21.